The highest BCUT2D eigenvalue weighted by Crippen LogP contribution is 2.19. The summed E-state index contributed by atoms with van der Waals surface area (Å²) in [5.41, 5.74) is 3.44. The standard InChI is InChI=1S/C19H23NO2/c1-3-14(2)18(19(21)22)20-13-15-9-11-17(12-10-15)16-7-5-4-6-8-16/h4-12,14,18,20H,3,13H2,1-2H3,(H,21,22)/t14-,18-/m0/s1. The van der Waals surface area contributed by atoms with Crippen LogP contribution in [0.3, 0.4) is 0 Å². The number of carboxylic acids is 1. The molecule has 0 spiro atoms. The van der Waals surface area contributed by atoms with Crippen LogP contribution in [-0.4, -0.2) is 17.1 Å². The largest absolute Gasteiger partial charge is 0.480 e. The maximum atomic E-state index is 11.3. The van der Waals surface area contributed by atoms with E-state index in [4.69, 9.17) is 0 Å². The van der Waals surface area contributed by atoms with Gasteiger partial charge in [-0.2, -0.15) is 0 Å². The molecule has 0 saturated carbocycles. The van der Waals surface area contributed by atoms with Crippen molar-refractivity contribution in [3.63, 3.8) is 0 Å². The minimum atomic E-state index is -0.782. The summed E-state index contributed by atoms with van der Waals surface area (Å²) >= 11 is 0. The van der Waals surface area contributed by atoms with Crippen LogP contribution in [0.5, 0.6) is 0 Å². The Hall–Kier alpha value is -2.13. The van der Waals surface area contributed by atoms with Gasteiger partial charge in [0.1, 0.15) is 6.04 Å². The predicted octanol–water partition coefficient (Wildman–Crippen LogP) is 3.94. The number of carboxylic acid groups (broad SMARTS) is 1. The molecule has 0 radical (unpaired) electrons. The van der Waals surface area contributed by atoms with Gasteiger partial charge < -0.3 is 10.4 Å². The molecule has 3 nitrogen and oxygen atoms in total. The Morgan fingerprint density at radius 2 is 1.64 bits per heavy atom. The first-order chi connectivity index (χ1) is 10.6. The molecule has 0 fully saturated rings. The van der Waals surface area contributed by atoms with Crippen LogP contribution in [-0.2, 0) is 11.3 Å². The van der Waals surface area contributed by atoms with Crippen molar-refractivity contribution in [3.8, 4) is 11.1 Å². The maximum absolute atomic E-state index is 11.3. The molecular weight excluding hydrogens is 274 g/mol. The molecular formula is C19H23NO2. The first-order valence-corrected chi connectivity index (χ1v) is 7.72. The molecule has 2 aromatic carbocycles. The highest BCUT2D eigenvalue weighted by Gasteiger charge is 2.22. The summed E-state index contributed by atoms with van der Waals surface area (Å²) in [4.78, 5) is 11.3. The molecule has 2 atom stereocenters. The first kappa shape index (κ1) is 16.2. The molecule has 2 aromatic rings. The van der Waals surface area contributed by atoms with Crippen LogP contribution in [0.4, 0.5) is 0 Å². The van der Waals surface area contributed by atoms with Crippen LogP contribution in [0, 0.1) is 5.92 Å². The lowest BCUT2D eigenvalue weighted by Crippen LogP contribution is -2.41. The SMILES string of the molecule is CC[C@H](C)[C@H](NCc1ccc(-c2ccccc2)cc1)C(=O)O. The highest BCUT2D eigenvalue weighted by atomic mass is 16.4. The van der Waals surface area contributed by atoms with E-state index in [1.807, 2.05) is 44.2 Å². The number of benzene rings is 2. The topological polar surface area (TPSA) is 49.3 Å². The molecule has 0 aliphatic rings. The van der Waals surface area contributed by atoms with Crippen LogP contribution in [0.15, 0.2) is 54.6 Å². The fourth-order valence-corrected chi connectivity index (χ4v) is 2.44. The van der Waals surface area contributed by atoms with Gasteiger partial charge in [-0.3, -0.25) is 4.79 Å². The van der Waals surface area contributed by atoms with Gasteiger partial charge in [-0.25, -0.2) is 0 Å². The Bertz CT molecular complexity index is 593. The minimum absolute atomic E-state index is 0.112. The summed E-state index contributed by atoms with van der Waals surface area (Å²) in [6.45, 7) is 4.54. The molecule has 116 valence electrons. The lowest BCUT2D eigenvalue weighted by Gasteiger charge is -2.20. The summed E-state index contributed by atoms with van der Waals surface area (Å²) in [5.74, 6) is -0.670. The third-order valence-corrected chi connectivity index (χ3v) is 4.07. The third-order valence-electron chi connectivity index (χ3n) is 4.07. The number of hydrogen-bond acceptors (Lipinski definition) is 2. The van der Waals surface area contributed by atoms with Crippen LogP contribution in [0.1, 0.15) is 25.8 Å². The minimum Gasteiger partial charge on any atom is -0.480 e. The van der Waals surface area contributed by atoms with E-state index in [0.717, 1.165) is 12.0 Å². The van der Waals surface area contributed by atoms with E-state index >= 15 is 0 Å². The summed E-state index contributed by atoms with van der Waals surface area (Å²) in [6, 6.07) is 17.9. The fourth-order valence-electron chi connectivity index (χ4n) is 2.44. The van der Waals surface area contributed by atoms with Gasteiger partial charge in [0.2, 0.25) is 0 Å². The van der Waals surface area contributed by atoms with Crippen LogP contribution < -0.4 is 5.32 Å². The van der Waals surface area contributed by atoms with Crippen molar-refractivity contribution >= 4 is 5.97 Å². The van der Waals surface area contributed by atoms with Gasteiger partial charge in [-0.1, -0.05) is 74.9 Å². The van der Waals surface area contributed by atoms with Crippen LogP contribution in [0.2, 0.25) is 0 Å². The van der Waals surface area contributed by atoms with E-state index in [1.54, 1.807) is 0 Å². The van der Waals surface area contributed by atoms with E-state index in [-0.39, 0.29) is 5.92 Å². The van der Waals surface area contributed by atoms with Gasteiger partial charge in [-0.05, 0) is 22.6 Å². The Balaban J connectivity index is 2.01. The molecule has 0 aliphatic carbocycles. The van der Waals surface area contributed by atoms with Crippen molar-refractivity contribution in [2.45, 2.75) is 32.9 Å². The zero-order chi connectivity index (χ0) is 15.9. The Morgan fingerprint density at radius 3 is 2.18 bits per heavy atom. The smallest absolute Gasteiger partial charge is 0.320 e. The van der Waals surface area contributed by atoms with Gasteiger partial charge in [0, 0.05) is 6.54 Å². The van der Waals surface area contributed by atoms with E-state index in [1.165, 1.54) is 11.1 Å². The summed E-state index contributed by atoms with van der Waals surface area (Å²) in [5, 5.41) is 12.4. The van der Waals surface area contributed by atoms with Crippen LogP contribution in [0.25, 0.3) is 11.1 Å². The Kier molecular flexibility index (Phi) is 5.73. The molecule has 2 rings (SSSR count). The molecule has 2 N–H and O–H groups in total. The van der Waals surface area contributed by atoms with Gasteiger partial charge in [0.25, 0.3) is 0 Å². The molecule has 0 amide bonds. The Labute approximate surface area is 132 Å². The van der Waals surface area contributed by atoms with Gasteiger partial charge in [-0.15, -0.1) is 0 Å². The Morgan fingerprint density at radius 1 is 1.05 bits per heavy atom. The van der Waals surface area contributed by atoms with Gasteiger partial charge in [0.15, 0.2) is 0 Å². The normalized spacial score (nSPS) is 13.5. The zero-order valence-electron chi connectivity index (χ0n) is 13.1. The molecule has 0 aromatic heterocycles. The van der Waals surface area contributed by atoms with Crippen molar-refractivity contribution in [1.82, 2.24) is 5.32 Å². The third kappa shape index (κ3) is 4.18. The second kappa shape index (κ2) is 7.76. The quantitative estimate of drug-likeness (QED) is 0.813. The zero-order valence-corrected chi connectivity index (χ0v) is 13.1. The van der Waals surface area contributed by atoms with Crippen molar-refractivity contribution in [2.75, 3.05) is 0 Å². The fraction of sp³-hybridized carbons (Fsp3) is 0.316. The number of nitrogens with one attached hydrogen (secondary N) is 1. The van der Waals surface area contributed by atoms with E-state index in [0.29, 0.717) is 6.54 Å². The number of rotatable bonds is 7. The molecule has 0 unspecified atom stereocenters. The maximum Gasteiger partial charge on any atom is 0.320 e. The van der Waals surface area contributed by atoms with Gasteiger partial charge >= 0.3 is 5.97 Å². The molecule has 0 aliphatic heterocycles. The highest BCUT2D eigenvalue weighted by molar-refractivity contribution is 5.73. The lowest BCUT2D eigenvalue weighted by molar-refractivity contribution is -0.140. The summed E-state index contributed by atoms with van der Waals surface area (Å²) in [6.07, 6.45) is 0.844. The summed E-state index contributed by atoms with van der Waals surface area (Å²) in [7, 11) is 0. The van der Waals surface area contributed by atoms with Crippen molar-refractivity contribution in [2.24, 2.45) is 5.92 Å². The number of carbonyl (C=O) groups is 1. The number of aliphatic carboxylic acids is 1. The second-order valence-electron chi connectivity index (χ2n) is 5.65. The second-order valence-corrected chi connectivity index (χ2v) is 5.65. The van der Waals surface area contributed by atoms with Crippen molar-refractivity contribution < 1.29 is 9.90 Å². The van der Waals surface area contributed by atoms with E-state index in [9.17, 15) is 9.90 Å². The van der Waals surface area contributed by atoms with E-state index in [2.05, 4.69) is 29.6 Å². The van der Waals surface area contributed by atoms with Crippen molar-refractivity contribution in [3.05, 3.63) is 60.2 Å². The molecule has 3 heteroatoms. The van der Waals surface area contributed by atoms with Gasteiger partial charge in [0.05, 0.1) is 0 Å². The monoisotopic (exact) mass is 297 g/mol. The van der Waals surface area contributed by atoms with E-state index < -0.39 is 12.0 Å². The average molecular weight is 297 g/mol. The molecule has 0 bridgehead atoms. The summed E-state index contributed by atoms with van der Waals surface area (Å²) < 4.78 is 0. The molecule has 0 heterocycles. The predicted molar refractivity (Wildman–Crippen MR) is 89.6 cm³/mol. The molecule has 0 saturated heterocycles. The first-order valence-electron chi connectivity index (χ1n) is 7.72. The lowest BCUT2D eigenvalue weighted by atomic mass is 9.99. The average Bonchev–Trinajstić information content (AvgIpc) is 2.56. The number of hydrogen-bond donors (Lipinski definition) is 2. The van der Waals surface area contributed by atoms with Crippen LogP contribution >= 0.6 is 0 Å². The molecule has 22 heavy (non-hydrogen) atoms. The van der Waals surface area contributed by atoms with Crippen molar-refractivity contribution in [1.29, 1.82) is 0 Å².